The molecule has 1 saturated heterocycles. The van der Waals surface area contributed by atoms with E-state index >= 15 is 0 Å². The first-order valence-electron chi connectivity index (χ1n) is 9.54. The van der Waals surface area contributed by atoms with Crippen LogP contribution in [0.5, 0.6) is 5.75 Å². The van der Waals surface area contributed by atoms with Crippen LogP contribution in [0.25, 0.3) is 0 Å². The largest absolute Gasteiger partial charge is 0.497 e. The van der Waals surface area contributed by atoms with E-state index < -0.39 is 35.9 Å². The Hall–Kier alpha value is -3.47. The minimum Gasteiger partial charge on any atom is -0.497 e. The van der Waals surface area contributed by atoms with E-state index in [4.69, 9.17) is 9.84 Å². The van der Waals surface area contributed by atoms with Crippen molar-refractivity contribution < 1.29 is 29.0 Å². The van der Waals surface area contributed by atoms with E-state index in [9.17, 15) is 19.2 Å². The maximum atomic E-state index is 13.1. The van der Waals surface area contributed by atoms with Crippen LogP contribution in [0.4, 0.5) is 9.93 Å². The first-order chi connectivity index (χ1) is 14.8. The summed E-state index contributed by atoms with van der Waals surface area (Å²) in [6.45, 7) is 3.60. The average molecular weight is 446 g/mol. The number of urea groups is 1. The molecular weight excluding hydrogens is 424 g/mol. The molecule has 0 spiro atoms. The van der Waals surface area contributed by atoms with Crippen molar-refractivity contribution in [1.29, 1.82) is 0 Å². The van der Waals surface area contributed by atoms with Gasteiger partial charge in [-0.1, -0.05) is 32.4 Å². The molecule has 10 nitrogen and oxygen atoms in total. The van der Waals surface area contributed by atoms with Gasteiger partial charge in [-0.05, 0) is 23.6 Å². The van der Waals surface area contributed by atoms with Gasteiger partial charge in [0, 0.05) is 5.38 Å². The van der Waals surface area contributed by atoms with Crippen LogP contribution in [0, 0.1) is 5.92 Å². The van der Waals surface area contributed by atoms with Crippen molar-refractivity contribution >= 4 is 40.3 Å². The fourth-order valence-corrected chi connectivity index (χ4v) is 3.93. The summed E-state index contributed by atoms with van der Waals surface area (Å²) < 4.78 is 5.11. The van der Waals surface area contributed by atoms with Crippen LogP contribution in [0.2, 0.25) is 0 Å². The average Bonchev–Trinajstić information content (AvgIpc) is 3.33. The maximum absolute atomic E-state index is 13.1. The number of carbonyl (C=O) groups excluding carboxylic acids is 3. The second-order valence-corrected chi connectivity index (χ2v) is 7.88. The predicted molar refractivity (Wildman–Crippen MR) is 112 cm³/mol. The molecule has 3 atom stereocenters. The van der Waals surface area contributed by atoms with Gasteiger partial charge in [-0.2, -0.15) is 0 Å². The molecule has 3 rings (SSSR count). The summed E-state index contributed by atoms with van der Waals surface area (Å²) in [6.07, 6.45) is 0.528. The quantitative estimate of drug-likeness (QED) is 0.530. The maximum Gasteiger partial charge on any atom is 0.355 e. The van der Waals surface area contributed by atoms with Crippen LogP contribution in [0.1, 0.15) is 42.4 Å². The Morgan fingerprint density at radius 1 is 1.32 bits per heavy atom. The normalized spacial score (nSPS) is 17.8. The highest BCUT2D eigenvalue weighted by molar-refractivity contribution is 7.14. The number of nitrogens with one attached hydrogen (secondary N) is 2. The van der Waals surface area contributed by atoms with Gasteiger partial charge in [-0.3, -0.25) is 9.59 Å². The van der Waals surface area contributed by atoms with E-state index in [1.807, 2.05) is 6.92 Å². The third-order valence-electron chi connectivity index (χ3n) is 5.10. The Labute approximate surface area is 182 Å². The molecule has 164 valence electrons. The summed E-state index contributed by atoms with van der Waals surface area (Å²) in [5.74, 6) is -2.10. The number of thiazole rings is 1. The van der Waals surface area contributed by atoms with Crippen LogP contribution in [0.15, 0.2) is 29.6 Å². The second kappa shape index (κ2) is 9.13. The number of hydrogen-bond acceptors (Lipinski definition) is 7. The van der Waals surface area contributed by atoms with Crippen LogP contribution in [-0.4, -0.2) is 52.0 Å². The molecule has 1 aromatic heterocycles. The first kappa shape index (κ1) is 22.2. The standard InChI is InChI=1S/C20H22N4O6S/c1-4-10(2)15(16(25)23-19-21-13(9-31-19)18(27)28)24-17(26)14(22-20(24)29)11-5-7-12(30-3)8-6-11/h5-10,14-15H,4H2,1-3H3,(H,22,29)(H,27,28)(H,21,23,25)/t10-,14+,15-/m0/s1. The summed E-state index contributed by atoms with van der Waals surface area (Å²) in [5.41, 5.74) is 0.367. The summed E-state index contributed by atoms with van der Waals surface area (Å²) in [7, 11) is 1.52. The fourth-order valence-electron chi connectivity index (χ4n) is 3.24. The third-order valence-corrected chi connectivity index (χ3v) is 5.86. The van der Waals surface area contributed by atoms with E-state index in [1.165, 1.54) is 12.5 Å². The minimum atomic E-state index is -1.22. The van der Waals surface area contributed by atoms with Crippen LogP contribution in [0.3, 0.4) is 0 Å². The van der Waals surface area contributed by atoms with Gasteiger partial charge in [-0.25, -0.2) is 19.5 Å². The molecule has 11 heteroatoms. The third kappa shape index (κ3) is 4.50. The topological polar surface area (TPSA) is 138 Å². The van der Waals surface area contributed by atoms with Crippen LogP contribution in [-0.2, 0) is 9.59 Å². The van der Waals surface area contributed by atoms with E-state index in [-0.39, 0.29) is 16.7 Å². The summed E-state index contributed by atoms with van der Waals surface area (Å²) >= 11 is 0.948. The van der Waals surface area contributed by atoms with Gasteiger partial charge in [0.1, 0.15) is 17.8 Å². The monoisotopic (exact) mass is 446 g/mol. The number of benzene rings is 1. The Bertz CT molecular complexity index is 1010. The van der Waals surface area contributed by atoms with Crippen molar-refractivity contribution in [1.82, 2.24) is 15.2 Å². The molecule has 2 aromatic rings. The number of nitrogens with zero attached hydrogens (tertiary/aromatic N) is 2. The number of carbonyl (C=O) groups is 4. The molecule has 2 heterocycles. The first-order valence-corrected chi connectivity index (χ1v) is 10.4. The lowest BCUT2D eigenvalue weighted by Crippen LogP contribution is -2.51. The summed E-state index contributed by atoms with van der Waals surface area (Å²) in [6, 6.07) is 4.03. The fraction of sp³-hybridized carbons (Fsp3) is 0.350. The van der Waals surface area contributed by atoms with Crippen molar-refractivity contribution in [3.8, 4) is 5.75 Å². The van der Waals surface area contributed by atoms with Gasteiger partial charge in [0.2, 0.25) is 5.91 Å². The van der Waals surface area contributed by atoms with E-state index in [0.29, 0.717) is 17.7 Å². The lowest BCUT2D eigenvalue weighted by molar-refractivity contribution is -0.135. The molecule has 1 aliphatic rings. The molecule has 0 bridgehead atoms. The number of rotatable bonds is 8. The molecule has 1 fully saturated rings. The summed E-state index contributed by atoms with van der Waals surface area (Å²) in [5, 5.41) is 15.5. The Balaban J connectivity index is 1.84. The Morgan fingerprint density at radius 3 is 2.55 bits per heavy atom. The molecule has 3 N–H and O–H groups in total. The number of imide groups is 1. The number of hydrogen-bond donors (Lipinski definition) is 3. The van der Waals surface area contributed by atoms with Crippen LogP contribution >= 0.6 is 11.3 Å². The molecule has 1 aliphatic heterocycles. The van der Waals surface area contributed by atoms with E-state index in [0.717, 1.165) is 16.2 Å². The SMILES string of the molecule is CC[C@H](C)[C@@H](C(=O)Nc1nc(C(=O)O)cs1)N1C(=O)N[C@H](c2ccc(OC)cc2)C1=O. The van der Waals surface area contributed by atoms with Crippen molar-refractivity contribution in [3.05, 3.63) is 40.9 Å². The number of aromatic nitrogens is 1. The molecular formula is C20H22N4O6S. The summed E-state index contributed by atoms with van der Waals surface area (Å²) in [4.78, 5) is 54.6. The van der Waals surface area contributed by atoms with Gasteiger partial charge >= 0.3 is 12.0 Å². The number of aromatic carboxylic acids is 1. The molecule has 0 unspecified atom stereocenters. The Morgan fingerprint density at radius 2 is 2.00 bits per heavy atom. The van der Waals surface area contributed by atoms with Crippen molar-refractivity contribution in [2.45, 2.75) is 32.4 Å². The number of methoxy groups -OCH3 is 1. The predicted octanol–water partition coefficient (Wildman–Crippen LogP) is 2.50. The van der Waals surface area contributed by atoms with Gasteiger partial charge in [0.15, 0.2) is 10.8 Å². The zero-order valence-electron chi connectivity index (χ0n) is 17.1. The molecule has 0 aliphatic carbocycles. The highest BCUT2D eigenvalue weighted by Gasteiger charge is 2.47. The Kier molecular flexibility index (Phi) is 6.54. The van der Waals surface area contributed by atoms with Gasteiger partial charge < -0.3 is 20.5 Å². The van der Waals surface area contributed by atoms with Gasteiger partial charge in [0.05, 0.1) is 7.11 Å². The van der Waals surface area contributed by atoms with Crippen molar-refractivity contribution in [2.75, 3.05) is 12.4 Å². The van der Waals surface area contributed by atoms with Gasteiger partial charge in [0.25, 0.3) is 5.91 Å². The molecule has 4 amide bonds. The number of carboxylic acid groups (broad SMARTS) is 1. The lowest BCUT2D eigenvalue weighted by Gasteiger charge is -2.28. The number of ether oxygens (including phenoxy) is 1. The van der Waals surface area contributed by atoms with Crippen molar-refractivity contribution in [2.24, 2.45) is 5.92 Å². The molecule has 0 radical (unpaired) electrons. The van der Waals surface area contributed by atoms with Crippen molar-refractivity contribution in [3.63, 3.8) is 0 Å². The van der Waals surface area contributed by atoms with Gasteiger partial charge in [-0.15, -0.1) is 11.3 Å². The zero-order chi connectivity index (χ0) is 22.7. The zero-order valence-corrected chi connectivity index (χ0v) is 17.9. The number of anilines is 1. The van der Waals surface area contributed by atoms with E-state index in [2.05, 4.69) is 15.6 Å². The minimum absolute atomic E-state index is 0.0782. The highest BCUT2D eigenvalue weighted by Crippen LogP contribution is 2.29. The molecule has 0 saturated carbocycles. The second-order valence-electron chi connectivity index (χ2n) is 7.03. The lowest BCUT2D eigenvalue weighted by atomic mass is 9.96. The van der Waals surface area contributed by atoms with Crippen LogP contribution < -0.4 is 15.4 Å². The number of carboxylic acids is 1. The highest BCUT2D eigenvalue weighted by atomic mass is 32.1. The molecule has 31 heavy (non-hydrogen) atoms. The van der Waals surface area contributed by atoms with E-state index in [1.54, 1.807) is 31.2 Å². The smallest absolute Gasteiger partial charge is 0.355 e. The molecule has 1 aromatic carbocycles. The number of amides is 4.